The van der Waals surface area contributed by atoms with Gasteiger partial charge in [0.2, 0.25) is 5.91 Å². The molecule has 1 unspecified atom stereocenters. The topological polar surface area (TPSA) is 60.2 Å². The highest BCUT2D eigenvalue weighted by Gasteiger charge is 2.27. The summed E-state index contributed by atoms with van der Waals surface area (Å²) >= 11 is 0. The summed E-state index contributed by atoms with van der Waals surface area (Å²) in [5.41, 5.74) is 1.17. The van der Waals surface area contributed by atoms with Crippen LogP contribution < -0.4 is 4.74 Å². The molecule has 0 spiro atoms. The number of likely N-dealkylation sites (tertiary alicyclic amines) is 1. The molecule has 1 aromatic heterocycles. The fourth-order valence-corrected chi connectivity index (χ4v) is 3.39. The van der Waals surface area contributed by atoms with E-state index in [4.69, 9.17) is 4.74 Å². The molecule has 1 saturated heterocycles. The predicted molar refractivity (Wildman–Crippen MR) is 95.4 cm³/mol. The summed E-state index contributed by atoms with van der Waals surface area (Å²) in [6.07, 6.45) is 5.06. The van der Waals surface area contributed by atoms with Crippen molar-refractivity contribution in [2.24, 2.45) is 5.92 Å². The van der Waals surface area contributed by atoms with Crippen molar-refractivity contribution in [3.05, 3.63) is 42.0 Å². The maximum Gasteiger partial charge on any atom is 0.222 e. The van der Waals surface area contributed by atoms with Gasteiger partial charge in [0.05, 0.1) is 7.11 Å². The lowest BCUT2D eigenvalue weighted by Crippen LogP contribution is -2.29. The van der Waals surface area contributed by atoms with Crippen molar-refractivity contribution >= 4 is 5.91 Å². The lowest BCUT2D eigenvalue weighted by Gasteiger charge is -2.16. The lowest BCUT2D eigenvalue weighted by atomic mass is 10.0. The first-order valence-electron chi connectivity index (χ1n) is 8.97. The third-order valence-corrected chi connectivity index (χ3v) is 4.93. The Hall–Kier alpha value is -2.37. The van der Waals surface area contributed by atoms with Crippen molar-refractivity contribution in [2.45, 2.75) is 39.2 Å². The van der Waals surface area contributed by atoms with Gasteiger partial charge >= 0.3 is 0 Å². The minimum Gasteiger partial charge on any atom is -0.497 e. The van der Waals surface area contributed by atoms with Crippen LogP contribution in [0.4, 0.5) is 0 Å². The van der Waals surface area contributed by atoms with Gasteiger partial charge in [-0.15, -0.1) is 10.2 Å². The van der Waals surface area contributed by atoms with E-state index in [0.29, 0.717) is 12.3 Å². The van der Waals surface area contributed by atoms with Gasteiger partial charge in [-0.05, 0) is 43.4 Å². The number of methoxy groups -OCH3 is 1. The molecule has 1 aliphatic heterocycles. The van der Waals surface area contributed by atoms with E-state index in [0.717, 1.165) is 50.5 Å². The zero-order valence-electron chi connectivity index (χ0n) is 15.0. The number of aromatic nitrogens is 3. The number of hydrogen-bond acceptors (Lipinski definition) is 4. The van der Waals surface area contributed by atoms with E-state index in [2.05, 4.69) is 21.7 Å². The van der Waals surface area contributed by atoms with Crippen LogP contribution in [0.3, 0.4) is 0 Å². The first-order chi connectivity index (χ1) is 12.2. The molecule has 25 heavy (non-hydrogen) atoms. The highest BCUT2D eigenvalue weighted by molar-refractivity contribution is 5.76. The van der Waals surface area contributed by atoms with Gasteiger partial charge in [-0.3, -0.25) is 4.79 Å². The predicted octanol–water partition coefficient (Wildman–Crippen LogP) is 2.33. The van der Waals surface area contributed by atoms with E-state index in [1.807, 2.05) is 29.2 Å². The van der Waals surface area contributed by atoms with Gasteiger partial charge in [-0.25, -0.2) is 0 Å². The average Bonchev–Trinajstić information content (AvgIpc) is 3.29. The summed E-state index contributed by atoms with van der Waals surface area (Å²) in [7, 11) is 1.66. The van der Waals surface area contributed by atoms with Gasteiger partial charge in [0.15, 0.2) is 0 Å². The molecule has 0 bridgehead atoms. The zero-order valence-corrected chi connectivity index (χ0v) is 15.0. The number of nitrogens with zero attached hydrogens (tertiary/aromatic N) is 4. The molecule has 1 fully saturated rings. The first kappa shape index (κ1) is 17.5. The maximum atomic E-state index is 12.5. The van der Waals surface area contributed by atoms with E-state index < -0.39 is 0 Å². The molecular formula is C19H26N4O2. The van der Waals surface area contributed by atoms with E-state index in [1.54, 1.807) is 13.4 Å². The van der Waals surface area contributed by atoms with E-state index in [9.17, 15) is 4.79 Å². The number of benzene rings is 1. The van der Waals surface area contributed by atoms with Crippen molar-refractivity contribution in [1.82, 2.24) is 19.7 Å². The van der Waals surface area contributed by atoms with Gasteiger partial charge in [0.1, 0.15) is 17.9 Å². The van der Waals surface area contributed by atoms with Crippen LogP contribution in [0.5, 0.6) is 5.75 Å². The first-order valence-corrected chi connectivity index (χ1v) is 8.97. The third-order valence-electron chi connectivity index (χ3n) is 4.93. The number of rotatable bonds is 7. The number of aryl methyl sites for hydroxylation is 2. The number of amides is 1. The Kier molecular flexibility index (Phi) is 5.68. The quantitative estimate of drug-likeness (QED) is 0.775. The van der Waals surface area contributed by atoms with Gasteiger partial charge in [0.25, 0.3) is 0 Å². The molecule has 0 N–H and O–H groups in total. The second kappa shape index (κ2) is 8.14. The molecule has 1 aromatic carbocycles. The second-order valence-electron chi connectivity index (χ2n) is 6.58. The highest BCUT2D eigenvalue weighted by Crippen LogP contribution is 2.21. The van der Waals surface area contributed by atoms with E-state index >= 15 is 0 Å². The smallest absolute Gasteiger partial charge is 0.222 e. The van der Waals surface area contributed by atoms with Crippen molar-refractivity contribution < 1.29 is 9.53 Å². The van der Waals surface area contributed by atoms with Crippen LogP contribution in [-0.2, 0) is 24.2 Å². The number of ether oxygens (including phenoxy) is 1. The molecule has 6 heteroatoms. The molecule has 0 saturated carbocycles. The van der Waals surface area contributed by atoms with Gasteiger partial charge in [0, 0.05) is 32.5 Å². The fraction of sp³-hybridized carbons (Fsp3) is 0.526. The Morgan fingerprint density at radius 2 is 2.12 bits per heavy atom. The molecule has 1 atom stereocenters. The highest BCUT2D eigenvalue weighted by atomic mass is 16.5. The maximum absolute atomic E-state index is 12.5. The van der Waals surface area contributed by atoms with E-state index in [1.165, 1.54) is 5.56 Å². The molecule has 2 aromatic rings. The largest absolute Gasteiger partial charge is 0.497 e. The molecular weight excluding hydrogens is 316 g/mol. The zero-order chi connectivity index (χ0) is 17.6. The Labute approximate surface area is 148 Å². The second-order valence-corrected chi connectivity index (χ2v) is 6.58. The Morgan fingerprint density at radius 3 is 2.84 bits per heavy atom. The van der Waals surface area contributed by atoms with Crippen LogP contribution >= 0.6 is 0 Å². The third kappa shape index (κ3) is 4.38. The Morgan fingerprint density at radius 1 is 1.32 bits per heavy atom. The van der Waals surface area contributed by atoms with Crippen molar-refractivity contribution in [3.8, 4) is 5.75 Å². The molecule has 6 nitrogen and oxygen atoms in total. The molecule has 0 radical (unpaired) electrons. The molecule has 3 rings (SSSR count). The molecule has 2 heterocycles. The number of carbonyl (C=O) groups excluding carboxylic acids is 1. The summed E-state index contributed by atoms with van der Waals surface area (Å²) in [5, 5.41) is 8.20. The minimum absolute atomic E-state index is 0.246. The Bertz CT molecular complexity index is 696. The lowest BCUT2D eigenvalue weighted by molar-refractivity contribution is -0.130. The van der Waals surface area contributed by atoms with Crippen LogP contribution in [0.2, 0.25) is 0 Å². The van der Waals surface area contributed by atoms with Crippen LogP contribution in [0.1, 0.15) is 31.2 Å². The number of carbonyl (C=O) groups is 1. The fourth-order valence-electron chi connectivity index (χ4n) is 3.39. The van der Waals surface area contributed by atoms with E-state index in [-0.39, 0.29) is 5.91 Å². The van der Waals surface area contributed by atoms with Gasteiger partial charge < -0.3 is 14.2 Å². The Balaban J connectivity index is 1.47. The van der Waals surface area contributed by atoms with Crippen LogP contribution in [-0.4, -0.2) is 45.8 Å². The van der Waals surface area contributed by atoms with Crippen LogP contribution in [0.25, 0.3) is 0 Å². The van der Waals surface area contributed by atoms with Crippen LogP contribution in [0.15, 0.2) is 30.6 Å². The van der Waals surface area contributed by atoms with Crippen molar-refractivity contribution in [2.75, 3.05) is 20.2 Å². The summed E-state index contributed by atoms with van der Waals surface area (Å²) in [4.78, 5) is 14.5. The van der Waals surface area contributed by atoms with Gasteiger partial charge in [-0.1, -0.05) is 12.1 Å². The standard InChI is InChI=1S/C19H26N4O2/c1-3-22-14-20-21-18(22)12-16-10-11-23(13-16)19(24)9-6-15-4-7-17(25-2)8-5-15/h4-5,7-8,14,16H,3,6,9-13H2,1-2H3. The van der Waals surface area contributed by atoms with Crippen LogP contribution in [0, 0.1) is 5.92 Å². The monoisotopic (exact) mass is 342 g/mol. The molecule has 1 aliphatic rings. The summed E-state index contributed by atoms with van der Waals surface area (Å²) in [5.74, 6) is 2.60. The molecule has 1 amide bonds. The SMILES string of the molecule is CCn1cnnc1CC1CCN(C(=O)CCc2ccc(OC)cc2)C1. The molecule has 0 aliphatic carbocycles. The minimum atomic E-state index is 0.246. The summed E-state index contributed by atoms with van der Waals surface area (Å²) in [6.45, 7) is 4.67. The van der Waals surface area contributed by atoms with Crippen molar-refractivity contribution in [1.29, 1.82) is 0 Å². The van der Waals surface area contributed by atoms with Crippen molar-refractivity contribution in [3.63, 3.8) is 0 Å². The number of hydrogen-bond donors (Lipinski definition) is 0. The average molecular weight is 342 g/mol. The molecule has 134 valence electrons. The van der Waals surface area contributed by atoms with Gasteiger partial charge in [-0.2, -0.15) is 0 Å². The summed E-state index contributed by atoms with van der Waals surface area (Å²) in [6, 6.07) is 7.93. The normalized spacial score (nSPS) is 17.0. The summed E-state index contributed by atoms with van der Waals surface area (Å²) < 4.78 is 7.24.